The van der Waals surface area contributed by atoms with Crippen molar-refractivity contribution in [1.29, 1.82) is 0 Å². The number of nitrogens with two attached hydrogens (primary N) is 1. The van der Waals surface area contributed by atoms with E-state index in [1.54, 1.807) is 11.3 Å². The highest BCUT2D eigenvalue weighted by molar-refractivity contribution is 7.13. The van der Waals surface area contributed by atoms with Gasteiger partial charge < -0.3 is 11.1 Å². The van der Waals surface area contributed by atoms with Gasteiger partial charge in [0.05, 0.1) is 5.69 Å². The molecule has 2 aromatic rings. The summed E-state index contributed by atoms with van der Waals surface area (Å²) in [5.74, 6) is 0. The number of aromatic nitrogens is 1. The zero-order valence-corrected chi connectivity index (χ0v) is 10.1. The summed E-state index contributed by atoms with van der Waals surface area (Å²) in [5, 5.41) is 6.20. The summed E-state index contributed by atoms with van der Waals surface area (Å²) in [5.41, 5.74) is 8.98. The Morgan fingerprint density at radius 1 is 1.31 bits per heavy atom. The Balaban J connectivity index is 1.94. The first-order valence-corrected chi connectivity index (χ1v) is 6.10. The van der Waals surface area contributed by atoms with Crippen LogP contribution in [0, 0.1) is 6.92 Å². The van der Waals surface area contributed by atoms with Crippen molar-refractivity contribution in [2.45, 2.75) is 20.0 Å². The van der Waals surface area contributed by atoms with Crippen molar-refractivity contribution in [3.63, 3.8) is 0 Å². The normalized spacial score (nSPS) is 10.4. The molecule has 1 aromatic heterocycles. The van der Waals surface area contributed by atoms with Crippen molar-refractivity contribution >= 4 is 16.5 Å². The van der Waals surface area contributed by atoms with Gasteiger partial charge in [-0.3, -0.25) is 0 Å². The molecule has 0 radical (unpaired) electrons. The van der Waals surface area contributed by atoms with E-state index in [1.807, 2.05) is 5.38 Å². The van der Waals surface area contributed by atoms with E-state index in [2.05, 4.69) is 41.5 Å². The SMILES string of the molecule is Cc1ccc(CNc2nc(CN)cs2)cc1. The second kappa shape index (κ2) is 5.09. The van der Waals surface area contributed by atoms with E-state index in [1.165, 1.54) is 11.1 Å². The number of hydrogen-bond donors (Lipinski definition) is 2. The highest BCUT2D eigenvalue weighted by Gasteiger charge is 1.99. The van der Waals surface area contributed by atoms with E-state index in [4.69, 9.17) is 5.73 Å². The molecule has 0 spiro atoms. The first-order chi connectivity index (χ1) is 7.78. The van der Waals surface area contributed by atoms with Crippen LogP contribution in [-0.4, -0.2) is 4.98 Å². The van der Waals surface area contributed by atoms with Crippen LogP contribution in [0.4, 0.5) is 5.13 Å². The Bertz CT molecular complexity index is 448. The van der Waals surface area contributed by atoms with Gasteiger partial charge in [0.15, 0.2) is 5.13 Å². The Labute approximate surface area is 99.3 Å². The van der Waals surface area contributed by atoms with Gasteiger partial charge in [0.1, 0.15) is 0 Å². The first-order valence-electron chi connectivity index (χ1n) is 5.22. The zero-order chi connectivity index (χ0) is 11.4. The summed E-state index contributed by atoms with van der Waals surface area (Å²) in [4.78, 5) is 4.34. The maximum absolute atomic E-state index is 5.50. The quantitative estimate of drug-likeness (QED) is 0.853. The average molecular weight is 233 g/mol. The molecule has 1 heterocycles. The summed E-state index contributed by atoms with van der Waals surface area (Å²) in [6.07, 6.45) is 0. The number of benzene rings is 1. The molecule has 0 unspecified atom stereocenters. The largest absolute Gasteiger partial charge is 0.357 e. The van der Waals surface area contributed by atoms with Crippen LogP contribution in [0.15, 0.2) is 29.6 Å². The molecule has 0 fully saturated rings. The molecule has 0 amide bonds. The van der Waals surface area contributed by atoms with Gasteiger partial charge in [-0.15, -0.1) is 11.3 Å². The third-order valence-electron chi connectivity index (χ3n) is 2.33. The minimum atomic E-state index is 0.503. The predicted octanol–water partition coefficient (Wildman–Crippen LogP) is 2.52. The number of rotatable bonds is 4. The molecular weight excluding hydrogens is 218 g/mol. The first kappa shape index (κ1) is 11.1. The second-order valence-electron chi connectivity index (χ2n) is 3.69. The number of nitrogens with zero attached hydrogens (tertiary/aromatic N) is 1. The molecule has 0 saturated heterocycles. The third-order valence-corrected chi connectivity index (χ3v) is 3.17. The van der Waals surface area contributed by atoms with Gasteiger partial charge >= 0.3 is 0 Å². The van der Waals surface area contributed by atoms with E-state index < -0.39 is 0 Å². The minimum absolute atomic E-state index is 0.503. The molecule has 0 atom stereocenters. The molecule has 84 valence electrons. The molecule has 0 saturated carbocycles. The molecule has 0 aliphatic heterocycles. The van der Waals surface area contributed by atoms with Crippen LogP contribution in [0.2, 0.25) is 0 Å². The molecule has 16 heavy (non-hydrogen) atoms. The van der Waals surface area contributed by atoms with Gasteiger partial charge in [-0.2, -0.15) is 0 Å². The van der Waals surface area contributed by atoms with E-state index >= 15 is 0 Å². The lowest BCUT2D eigenvalue weighted by atomic mass is 10.1. The van der Waals surface area contributed by atoms with E-state index in [9.17, 15) is 0 Å². The fraction of sp³-hybridized carbons (Fsp3) is 0.250. The molecular formula is C12H15N3S. The molecule has 3 nitrogen and oxygen atoms in total. The van der Waals surface area contributed by atoms with E-state index in [0.29, 0.717) is 6.54 Å². The lowest BCUT2D eigenvalue weighted by Crippen LogP contribution is -2.00. The highest BCUT2D eigenvalue weighted by atomic mass is 32.1. The maximum Gasteiger partial charge on any atom is 0.183 e. The lowest BCUT2D eigenvalue weighted by molar-refractivity contribution is 1.00. The van der Waals surface area contributed by atoms with Crippen LogP contribution in [0.5, 0.6) is 0 Å². The van der Waals surface area contributed by atoms with Crippen molar-refractivity contribution in [2.24, 2.45) is 5.73 Å². The molecule has 2 rings (SSSR count). The molecule has 1 aromatic carbocycles. The molecule has 4 heteroatoms. The van der Waals surface area contributed by atoms with Crippen molar-refractivity contribution < 1.29 is 0 Å². The maximum atomic E-state index is 5.50. The Kier molecular flexibility index (Phi) is 3.54. The average Bonchev–Trinajstić information content (AvgIpc) is 2.76. The van der Waals surface area contributed by atoms with Crippen molar-refractivity contribution in [3.05, 3.63) is 46.5 Å². The van der Waals surface area contributed by atoms with E-state index in [-0.39, 0.29) is 0 Å². The third kappa shape index (κ3) is 2.81. The Morgan fingerprint density at radius 3 is 2.69 bits per heavy atom. The van der Waals surface area contributed by atoms with Crippen LogP contribution in [-0.2, 0) is 13.1 Å². The monoisotopic (exact) mass is 233 g/mol. The number of anilines is 1. The number of nitrogens with one attached hydrogen (secondary N) is 1. The van der Waals surface area contributed by atoms with Gasteiger partial charge in [0.25, 0.3) is 0 Å². The van der Waals surface area contributed by atoms with Crippen LogP contribution in [0.1, 0.15) is 16.8 Å². The van der Waals surface area contributed by atoms with Crippen molar-refractivity contribution in [1.82, 2.24) is 4.98 Å². The van der Waals surface area contributed by atoms with Crippen molar-refractivity contribution in [2.75, 3.05) is 5.32 Å². The zero-order valence-electron chi connectivity index (χ0n) is 9.23. The predicted molar refractivity (Wildman–Crippen MR) is 68.5 cm³/mol. The van der Waals surface area contributed by atoms with E-state index in [0.717, 1.165) is 17.4 Å². The smallest absolute Gasteiger partial charge is 0.183 e. The molecule has 0 aliphatic rings. The summed E-state index contributed by atoms with van der Waals surface area (Å²) in [6, 6.07) is 8.48. The van der Waals surface area contributed by atoms with Gasteiger partial charge in [-0.1, -0.05) is 29.8 Å². The second-order valence-corrected chi connectivity index (χ2v) is 4.55. The summed E-state index contributed by atoms with van der Waals surface area (Å²) < 4.78 is 0. The van der Waals surface area contributed by atoms with Crippen LogP contribution >= 0.6 is 11.3 Å². The number of thiazole rings is 1. The molecule has 3 N–H and O–H groups in total. The number of hydrogen-bond acceptors (Lipinski definition) is 4. The summed E-state index contributed by atoms with van der Waals surface area (Å²) in [7, 11) is 0. The molecule has 0 aliphatic carbocycles. The fourth-order valence-electron chi connectivity index (χ4n) is 1.37. The fourth-order valence-corrected chi connectivity index (χ4v) is 2.09. The minimum Gasteiger partial charge on any atom is -0.357 e. The van der Waals surface area contributed by atoms with Crippen LogP contribution in [0.25, 0.3) is 0 Å². The van der Waals surface area contributed by atoms with Gasteiger partial charge in [0.2, 0.25) is 0 Å². The van der Waals surface area contributed by atoms with Gasteiger partial charge in [0, 0.05) is 18.5 Å². The number of aryl methyl sites for hydroxylation is 1. The summed E-state index contributed by atoms with van der Waals surface area (Å²) in [6.45, 7) is 3.39. The topological polar surface area (TPSA) is 50.9 Å². The summed E-state index contributed by atoms with van der Waals surface area (Å²) >= 11 is 1.59. The van der Waals surface area contributed by atoms with Crippen molar-refractivity contribution in [3.8, 4) is 0 Å². The van der Waals surface area contributed by atoms with Gasteiger partial charge in [-0.25, -0.2) is 4.98 Å². The highest BCUT2D eigenvalue weighted by Crippen LogP contribution is 2.16. The lowest BCUT2D eigenvalue weighted by Gasteiger charge is -2.03. The van der Waals surface area contributed by atoms with Crippen LogP contribution in [0.3, 0.4) is 0 Å². The molecule has 0 bridgehead atoms. The Hall–Kier alpha value is -1.39. The Morgan fingerprint density at radius 2 is 2.06 bits per heavy atom. The van der Waals surface area contributed by atoms with Crippen LogP contribution < -0.4 is 11.1 Å². The standard InChI is InChI=1S/C12H15N3S/c1-9-2-4-10(5-3-9)7-14-12-15-11(6-13)8-16-12/h2-5,8H,6-7,13H2,1H3,(H,14,15). The van der Waals surface area contributed by atoms with Gasteiger partial charge in [-0.05, 0) is 12.5 Å².